The van der Waals surface area contributed by atoms with E-state index < -0.39 is 0 Å². The van der Waals surface area contributed by atoms with Crippen molar-refractivity contribution in [1.82, 2.24) is 5.32 Å². The fraction of sp³-hybridized carbons (Fsp3) is 1.00. The van der Waals surface area contributed by atoms with Gasteiger partial charge in [-0.2, -0.15) is 0 Å². The molecule has 2 aliphatic rings. The van der Waals surface area contributed by atoms with E-state index in [4.69, 9.17) is 4.74 Å². The van der Waals surface area contributed by atoms with Gasteiger partial charge in [0, 0.05) is 13.1 Å². The normalized spacial score (nSPS) is 28.0. The molecule has 1 aliphatic carbocycles. The van der Waals surface area contributed by atoms with Gasteiger partial charge in [-0.25, -0.2) is 0 Å². The van der Waals surface area contributed by atoms with Crippen LogP contribution in [0.25, 0.3) is 0 Å². The van der Waals surface area contributed by atoms with Crippen molar-refractivity contribution in [3.8, 4) is 0 Å². The molecule has 1 aliphatic heterocycles. The van der Waals surface area contributed by atoms with Crippen LogP contribution in [0.15, 0.2) is 0 Å². The quantitative estimate of drug-likeness (QED) is 0.635. The summed E-state index contributed by atoms with van der Waals surface area (Å²) in [6, 6.07) is 0. The summed E-state index contributed by atoms with van der Waals surface area (Å²) in [5.41, 5.74) is 0. The molecule has 0 aromatic rings. The van der Waals surface area contributed by atoms with Crippen LogP contribution in [0.3, 0.4) is 0 Å². The van der Waals surface area contributed by atoms with Gasteiger partial charge in [-0.05, 0) is 12.8 Å². The number of hydrogen-bond donors (Lipinski definition) is 1. The van der Waals surface area contributed by atoms with Crippen molar-refractivity contribution in [2.75, 3.05) is 13.1 Å². The maximum absolute atomic E-state index is 5.94. The second-order valence-corrected chi connectivity index (χ2v) is 4.03. The fourth-order valence-corrected chi connectivity index (χ4v) is 2.01. The number of ether oxygens (including phenoxy) is 1. The van der Waals surface area contributed by atoms with Gasteiger partial charge in [0.15, 0.2) is 0 Å². The summed E-state index contributed by atoms with van der Waals surface area (Å²) < 4.78 is 5.94. The molecule has 1 saturated carbocycles. The first kappa shape index (κ1) is 8.52. The van der Waals surface area contributed by atoms with Gasteiger partial charge >= 0.3 is 0 Å². The van der Waals surface area contributed by atoms with Gasteiger partial charge in [0.05, 0.1) is 12.2 Å². The molecule has 0 aromatic heterocycles. The zero-order valence-corrected chi connectivity index (χ0v) is 7.72. The molecule has 2 rings (SSSR count). The Morgan fingerprint density at radius 1 is 0.833 bits per heavy atom. The summed E-state index contributed by atoms with van der Waals surface area (Å²) in [4.78, 5) is 0. The third kappa shape index (κ3) is 2.20. The highest BCUT2D eigenvalue weighted by atomic mass is 16.5. The summed E-state index contributed by atoms with van der Waals surface area (Å²) in [6.07, 6.45) is 9.32. The molecule has 1 heterocycles. The zero-order chi connectivity index (χ0) is 8.23. The highest BCUT2D eigenvalue weighted by Gasteiger charge is 2.22. The Labute approximate surface area is 74.7 Å². The average molecular weight is 169 g/mol. The van der Waals surface area contributed by atoms with Gasteiger partial charge in [-0.3, -0.25) is 0 Å². The van der Waals surface area contributed by atoms with Crippen LogP contribution in [-0.2, 0) is 4.74 Å². The molecule has 0 spiro atoms. The minimum Gasteiger partial charge on any atom is -0.372 e. The number of hydrogen-bond acceptors (Lipinski definition) is 2. The lowest BCUT2D eigenvalue weighted by Gasteiger charge is -2.31. The molecule has 2 fully saturated rings. The monoisotopic (exact) mass is 169 g/mol. The first-order chi connectivity index (χ1) is 5.95. The third-order valence-corrected chi connectivity index (χ3v) is 2.93. The standard InChI is InChI=1S/C10H19NO/c1-2-4-6-9(5-3-1)12-10-7-11-8-10/h9-11H,1-8H2. The Morgan fingerprint density at radius 2 is 1.50 bits per heavy atom. The summed E-state index contributed by atoms with van der Waals surface area (Å²) in [7, 11) is 0. The summed E-state index contributed by atoms with van der Waals surface area (Å²) in [5, 5.41) is 3.24. The summed E-state index contributed by atoms with van der Waals surface area (Å²) in [5.74, 6) is 0. The predicted molar refractivity (Wildman–Crippen MR) is 49.2 cm³/mol. The largest absolute Gasteiger partial charge is 0.372 e. The number of rotatable bonds is 2. The lowest BCUT2D eigenvalue weighted by Crippen LogP contribution is -2.49. The molecular weight excluding hydrogens is 150 g/mol. The van der Waals surface area contributed by atoms with E-state index in [9.17, 15) is 0 Å². The highest BCUT2D eigenvalue weighted by Crippen LogP contribution is 2.21. The van der Waals surface area contributed by atoms with Gasteiger partial charge < -0.3 is 10.1 Å². The Morgan fingerprint density at radius 3 is 2.00 bits per heavy atom. The highest BCUT2D eigenvalue weighted by molar-refractivity contribution is 4.77. The van der Waals surface area contributed by atoms with Gasteiger partial charge in [-0.1, -0.05) is 25.7 Å². The van der Waals surface area contributed by atoms with E-state index >= 15 is 0 Å². The van der Waals surface area contributed by atoms with Crippen molar-refractivity contribution in [3.05, 3.63) is 0 Å². The van der Waals surface area contributed by atoms with E-state index in [1.807, 2.05) is 0 Å². The molecule has 70 valence electrons. The molecule has 12 heavy (non-hydrogen) atoms. The third-order valence-electron chi connectivity index (χ3n) is 2.93. The van der Waals surface area contributed by atoms with Crippen molar-refractivity contribution >= 4 is 0 Å². The molecule has 1 saturated heterocycles. The second kappa shape index (κ2) is 4.24. The molecular formula is C10H19NO. The van der Waals surface area contributed by atoms with E-state index in [0.29, 0.717) is 12.2 Å². The topological polar surface area (TPSA) is 21.3 Å². The average Bonchev–Trinajstić information content (AvgIpc) is 2.24. The van der Waals surface area contributed by atoms with Crippen LogP contribution >= 0.6 is 0 Å². The Balaban J connectivity index is 1.69. The number of nitrogens with one attached hydrogen (secondary N) is 1. The summed E-state index contributed by atoms with van der Waals surface area (Å²) >= 11 is 0. The second-order valence-electron chi connectivity index (χ2n) is 4.03. The minimum absolute atomic E-state index is 0.535. The Bertz CT molecular complexity index is 126. The van der Waals surface area contributed by atoms with E-state index in [2.05, 4.69) is 5.32 Å². The van der Waals surface area contributed by atoms with Crippen LogP contribution in [0.4, 0.5) is 0 Å². The SMILES string of the molecule is C1CCCC(OC2CNC2)CC1. The van der Waals surface area contributed by atoms with Gasteiger partial charge in [0.1, 0.15) is 0 Å². The molecule has 0 bridgehead atoms. The van der Waals surface area contributed by atoms with Crippen molar-refractivity contribution in [2.45, 2.75) is 50.7 Å². The first-order valence-electron chi connectivity index (χ1n) is 5.31. The molecule has 0 unspecified atom stereocenters. The van der Waals surface area contributed by atoms with Crippen LogP contribution in [0.1, 0.15) is 38.5 Å². The summed E-state index contributed by atoms with van der Waals surface area (Å²) in [6.45, 7) is 2.16. The van der Waals surface area contributed by atoms with Crippen LogP contribution in [0.2, 0.25) is 0 Å². The molecule has 2 nitrogen and oxygen atoms in total. The molecule has 0 amide bonds. The molecule has 0 atom stereocenters. The fourth-order valence-electron chi connectivity index (χ4n) is 2.01. The zero-order valence-electron chi connectivity index (χ0n) is 7.72. The van der Waals surface area contributed by atoms with Crippen molar-refractivity contribution in [3.63, 3.8) is 0 Å². The van der Waals surface area contributed by atoms with Gasteiger partial charge in [-0.15, -0.1) is 0 Å². The van der Waals surface area contributed by atoms with E-state index in [1.54, 1.807) is 0 Å². The minimum atomic E-state index is 0.535. The van der Waals surface area contributed by atoms with Crippen molar-refractivity contribution < 1.29 is 4.74 Å². The van der Waals surface area contributed by atoms with E-state index in [0.717, 1.165) is 13.1 Å². The van der Waals surface area contributed by atoms with E-state index in [1.165, 1.54) is 38.5 Å². The van der Waals surface area contributed by atoms with Gasteiger partial charge in [0.25, 0.3) is 0 Å². The van der Waals surface area contributed by atoms with Crippen LogP contribution in [-0.4, -0.2) is 25.3 Å². The maximum atomic E-state index is 5.94. The smallest absolute Gasteiger partial charge is 0.0827 e. The van der Waals surface area contributed by atoms with Crippen molar-refractivity contribution in [2.24, 2.45) is 0 Å². The van der Waals surface area contributed by atoms with Crippen molar-refractivity contribution in [1.29, 1.82) is 0 Å². The van der Waals surface area contributed by atoms with E-state index in [-0.39, 0.29) is 0 Å². The Kier molecular flexibility index (Phi) is 3.01. The predicted octanol–water partition coefficient (Wildman–Crippen LogP) is 1.70. The molecule has 1 N–H and O–H groups in total. The first-order valence-corrected chi connectivity index (χ1v) is 5.31. The van der Waals surface area contributed by atoms with Gasteiger partial charge in [0.2, 0.25) is 0 Å². The lowest BCUT2D eigenvalue weighted by atomic mass is 10.1. The maximum Gasteiger partial charge on any atom is 0.0827 e. The Hall–Kier alpha value is -0.0800. The van der Waals surface area contributed by atoms with Crippen LogP contribution in [0.5, 0.6) is 0 Å². The molecule has 0 aromatic carbocycles. The van der Waals surface area contributed by atoms with Crippen LogP contribution in [0, 0.1) is 0 Å². The lowest BCUT2D eigenvalue weighted by molar-refractivity contribution is -0.0431. The molecule has 0 radical (unpaired) electrons. The van der Waals surface area contributed by atoms with Crippen LogP contribution < -0.4 is 5.32 Å². The molecule has 2 heteroatoms.